The van der Waals surface area contributed by atoms with Crippen LogP contribution in [0.4, 0.5) is 0 Å². The summed E-state index contributed by atoms with van der Waals surface area (Å²) in [7, 11) is 0. The first-order valence-electron chi connectivity index (χ1n) is 20.2. The van der Waals surface area contributed by atoms with Gasteiger partial charge in [-0.3, -0.25) is 4.79 Å². The van der Waals surface area contributed by atoms with Crippen molar-refractivity contribution >= 4 is 5.91 Å². The fourth-order valence-electron chi connectivity index (χ4n) is 6.12. The normalized spacial score (nSPS) is 14.6. The number of amides is 1. The number of allylic oxidation sites excluding steroid dienone is 4. The van der Waals surface area contributed by atoms with Gasteiger partial charge in [0.25, 0.3) is 0 Å². The van der Waals surface area contributed by atoms with Gasteiger partial charge in [-0.25, -0.2) is 0 Å². The molecule has 278 valence electrons. The smallest absolute Gasteiger partial charge is 0.249 e. The fraction of sp³-hybridized carbons (Fsp3) is 0.878. The largest absolute Gasteiger partial charge is 0.394 e. The van der Waals surface area contributed by atoms with Gasteiger partial charge in [0, 0.05) is 0 Å². The van der Waals surface area contributed by atoms with Gasteiger partial charge >= 0.3 is 0 Å². The van der Waals surface area contributed by atoms with Gasteiger partial charge in [-0.15, -0.1) is 0 Å². The third-order valence-corrected chi connectivity index (χ3v) is 9.39. The van der Waals surface area contributed by atoms with Crippen LogP contribution in [0.1, 0.15) is 200 Å². The van der Waals surface area contributed by atoms with Gasteiger partial charge in [-0.2, -0.15) is 0 Å². The Morgan fingerprint density at radius 2 is 0.894 bits per heavy atom. The molecule has 0 saturated carbocycles. The van der Waals surface area contributed by atoms with E-state index in [1.54, 1.807) is 0 Å². The molecule has 4 atom stereocenters. The molecule has 0 fully saturated rings. The summed E-state index contributed by atoms with van der Waals surface area (Å²) < 4.78 is 0. The summed E-state index contributed by atoms with van der Waals surface area (Å²) in [6.07, 6.45) is 39.1. The quantitative estimate of drug-likeness (QED) is 0.0338. The molecular formula is C41H79NO5. The summed E-state index contributed by atoms with van der Waals surface area (Å²) >= 11 is 0. The van der Waals surface area contributed by atoms with E-state index < -0.39 is 36.9 Å². The Morgan fingerprint density at radius 3 is 1.34 bits per heavy atom. The van der Waals surface area contributed by atoms with Crippen LogP contribution in [0, 0.1) is 0 Å². The molecule has 0 heterocycles. The third kappa shape index (κ3) is 30.6. The molecular weight excluding hydrogens is 586 g/mol. The second kappa shape index (κ2) is 36.1. The minimum atomic E-state index is -1.28. The SMILES string of the molecule is CCCCCCCCCC/C=C/CC/C=C/CCCC(O)C(O)C(CO)NC(=O)C(O)CCCCCCCCCCCCCCCC. The summed E-state index contributed by atoms with van der Waals surface area (Å²) in [4.78, 5) is 12.5. The lowest BCUT2D eigenvalue weighted by Gasteiger charge is -2.27. The van der Waals surface area contributed by atoms with Gasteiger partial charge in [-0.1, -0.05) is 173 Å². The molecule has 0 aliphatic heterocycles. The highest BCUT2D eigenvalue weighted by atomic mass is 16.3. The molecule has 6 nitrogen and oxygen atoms in total. The third-order valence-electron chi connectivity index (χ3n) is 9.39. The zero-order valence-corrected chi connectivity index (χ0v) is 31.0. The summed E-state index contributed by atoms with van der Waals surface area (Å²) in [5, 5.41) is 43.5. The molecule has 5 N–H and O–H groups in total. The van der Waals surface area contributed by atoms with E-state index in [0.717, 1.165) is 38.5 Å². The van der Waals surface area contributed by atoms with E-state index in [2.05, 4.69) is 43.5 Å². The first kappa shape index (κ1) is 45.8. The van der Waals surface area contributed by atoms with Gasteiger partial charge in [0.1, 0.15) is 12.2 Å². The highest BCUT2D eigenvalue weighted by Crippen LogP contribution is 2.15. The van der Waals surface area contributed by atoms with E-state index in [1.165, 1.54) is 128 Å². The minimum Gasteiger partial charge on any atom is -0.394 e. The number of aliphatic hydroxyl groups is 4. The van der Waals surface area contributed by atoms with Crippen LogP contribution in [0.5, 0.6) is 0 Å². The number of carbonyl (C=O) groups is 1. The maximum Gasteiger partial charge on any atom is 0.249 e. The number of hydrogen-bond donors (Lipinski definition) is 5. The molecule has 4 unspecified atom stereocenters. The van der Waals surface area contributed by atoms with Gasteiger partial charge in [0.2, 0.25) is 5.91 Å². The van der Waals surface area contributed by atoms with Crippen molar-refractivity contribution in [3.63, 3.8) is 0 Å². The number of unbranched alkanes of at least 4 members (excludes halogenated alkanes) is 23. The summed E-state index contributed by atoms with van der Waals surface area (Å²) in [6.45, 7) is 4.02. The zero-order chi connectivity index (χ0) is 34.6. The molecule has 0 radical (unpaired) electrons. The van der Waals surface area contributed by atoms with E-state index in [0.29, 0.717) is 19.3 Å². The van der Waals surface area contributed by atoms with Gasteiger partial charge in [0.05, 0.1) is 18.8 Å². The molecule has 47 heavy (non-hydrogen) atoms. The molecule has 0 aromatic rings. The van der Waals surface area contributed by atoms with Crippen LogP contribution in [0.25, 0.3) is 0 Å². The topological polar surface area (TPSA) is 110 Å². The average molecular weight is 666 g/mol. The number of aliphatic hydroxyl groups excluding tert-OH is 4. The minimum absolute atomic E-state index is 0.363. The van der Waals surface area contributed by atoms with Crippen molar-refractivity contribution in [3.05, 3.63) is 24.3 Å². The first-order chi connectivity index (χ1) is 23.0. The van der Waals surface area contributed by atoms with Crippen molar-refractivity contribution in [2.75, 3.05) is 6.61 Å². The lowest BCUT2D eigenvalue weighted by molar-refractivity contribution is -0.132. The van der Waals surface area contributed by atoms with Crippen molar-refractivity contribution in [2.24, 2.45) is 0 Å². The number of rotatable bonds is 36. The van der Waals surface area contributed by atoms with E-state index in [9.17, 15) is 25.2 Å². The van der Waals surface area contributed by atoms with Crippen molar-refractivity contribution in [2.45, 2.75) is 224 Å². The molecule has 1 amide bonds. The van der Waals surface area contributed by atoms with Gasteiger partial charge < -0.3 is 25.7 Å². The number of hydrogen-bond acceptors (Lipinski definition) is 5. The highest BCUT2D eigenvalue weighted by molar-refractivity contribution is 5.80. The maximum atomic E-state index is 12.5. The van der Waals surface area contributed by atoms with Crippen molar-refractivity contribution in [1.29, 1.82) is 0 Å². The number of nitrogens with one attached hydrogen (secondary N) is 1. The fourth-order valence-corrected chi connectivity index (χ4v) is 6.12. The number of carbonyl (C=O) groups excluding carboxylic acids is 1. The Hall–Kier alpha value is -1.21. The Labute approximate surface area is 291 Å². The monoisotopic (exact) mass is 666 g/mol. The molecule has 0 aliphatic carbocycles. The van der Waals surface area contributed by atoms with Crippen LogP contribution in [0.2, 0.25) is 0 Å². The molecule has 0 spiro atoms. The first-order valence-corrected chi connectivity index (χ1v) is 20.2. The molecule has 0 aromatic heterocycles. The Balaban J connectivity index is 3.85. The van der Waals surface area contributed by atoms with Gasteiger partial charge in [0.15, 0.2) is 0 Å². The van der Waals surface area contributed by atoms with Crippen LogP contribution in [-0.4, -0.2) is 57.3 Å². The van der Waals surface area contributed by atoms with E-state index in [4.69, 9.17) is 0 Å². The second-order valence-corrected chi connectivity index (χ2v) is 14.0. The van der Waals surface area contributed by atoms with Crippen molar-refractivity contribution < 1.29 is 25.2 Å². The van der Waals surface area contributed by atoms with E-state index in [1.807, 2.05) is 0 Å². The lowest BCUT2D eigenvalue weighted by atomic mass is 10.00. The Bertz CT molecular complexity index is 712. The predicted molar refractivity (Wildman–Crippen MR) is 201 cm³/mol. The van der Waals surface area contributed by atoms with E-state index in [-0.39, 0.29) is 0 Å². The summed E-state index contributed by atoms with van der Waals surface area (Å²) in [6, 6.07) is -1.00. The summed E-state index contributed by atoms with van der Waals surface area (Å²) in [5.74, 6) is -0.597. The lowest BCUT2D eigenvalue weighted by Crippen LogP contribution is -2.53. The zero-order valence-electron chi connectivity index (χ0n) is 31.0. The second-order valence-electron chi connectivity index (χ2n) is 14.0. The molecule has 0 aliphatic rings. The standard InChI is InChI=1S/C41H79NO5/c1-3-5-7-9-11-13-15-17-19-20-21-23-24-26-28-30-32-34-38(44)40(46)37(36-43)42-41(47)39(45)35-33-31-29-27-25-22-18-16-14-12-10-8-6-4-2/h20-21,26,28,37-40,43-46H,3-19,22-25,27,29-36H2,1-2H3,(H,42,47)/b21-20+,28-26+. The summed E-state index contributed by atoms with van der Waals surface area (Å²) in [5.41, 5.74) is 0. The Kier molecular flexibility index (Phi) is 35.2. The van der Waals surface area contributed by atoms with Gasteiger partial charge in [-0.05, 0) is 51.4 Å². The predicted octanol–water partition coefficient (Wildman–Crippen LogP) is 10.0. The van der Waals surface area contributed by atoms with Crippen molar-refractivity contribution in [1.82, 2.24) is 5.32 Å². The van der Waals surface area contributed by atoms with Crippen LogP contribution in [0.3, 0.4) is 0 Å². The highest BCUT2D eigenvalue weighted by Gasteiger charge is 2.28. The molecule has 6 heteroatoms. The van der Waals surface area contributed by atoms with Crippen LogP contribution in [-0.2, 0) is 4.79 Å². The van der Waals surface area contributed by atoms with Crippen LogP contribution in [0.15, 0.2) is 24.3 Å². The van der Waals surface area contributed by atoms with Crippen LogP contribution < -0.4 is 5.32 Å². The Morgan fingerprint density at radius 1 is 0.511 bits per heavy atom. The van der Waals surface area contributed by atoms with Crippen LogP contribution >= 0.6 is 0 Å². The maximum absolute atomic E-state index is 12.5. The molecule has 0 aromatic carbocycles. The van der Waals surface area contributed by atoms with Crippen molar-refractivity contribution in [3.8, 4) is 0 Å². The molecule has 0 bridgehead atoms. The molecule has 0 saturated heterocycles. The molecule has 0 rings (SSSR count). The average Bonchev–Trinajstić information content (AvgIpc) is 3.07. The van der Waals surface area contributed by atoms with E-state index >= 15 is 0 Å².